The Morgan fingerprint density at radius 2 is 2.18 bits per heavy atom. The fraction of sp³-hybridized carbons (Fsp3) is 0.600. The molecular formula is C15H23NO. The Morgan fingerprint density at radius 3 is 2.88 bits per heavy atom. The predicted octanol–water partition coefficient (Wildman–Crippen LogP) is 3.36. The lowest BCUT2D eigenvalue weighted by Gasteiger charge is -2.34. The van der Waals surface area contributed by atoms with Crippen molar-refractivity contribution >= 4 is 0 Å². The second-order valence-electron chi connectivity index (χ2n) is 5.62. The molecule has 0 amide bonds. The van der Waals surface area contributed by atoms with Crippen molar-refractivity contribution in [2.45, 2.75) is 39.2 Å². The first-order chi connectivity index (χ1) is 8.08. The van der Waals surface area contributed by atoms with E-state index in [-0.39, 0.29) is 0 Å². The molecule has 1 aliphatic carbocycles. The Morgan fingerprint density at radius 1 is 1.41 bits per heavy atom. The topological polar surface area (TPSA) is 23.5 Å². The molecule has 0 spiro atoms. The molecule has 0 bridgehead atoms. The molecule has 1 atom stereocenters. The summed E-state index contributed by atoms with van der Waals surface area (Å²) in [4.78, 5) is 2.43. The van der Waals surface area contributed by atoms with E-state index in [9.17, 15) is 5.11 Å². The lowest BCUT2D eigenvalue weighted by molar-refractivity contribution is 0.199. The lowest BCUT2D eigenvalue weighted by Crippen LogP contribution is -2.30. The molecular weight excluding hydrogens is 210 g/mol. The number of aryl methyl sites for hydroxylation is 1. The van der Waals surface area contributed by atoms with Crippen LogP contribution in [0.15, 0.2) is 18.2 Å². The van der Waals surface area contributed by atoms with E-state index in [1.54, 1.807) is 0 Å². The Balaban J connectivity index is 2.24. The number of phenolic OH excluding ortho intramolecular Hbond substituents is 1. The molecule has 0 saturated heterocycles. The van der Waals surface area contributed by atoms with Crippen LogP contribution in [0.25, 0.3) is 0 Å². The predicted molar refractivity (Wildman–Crippen MR) is 71.3 cm³/mol. The average molecular weight is 233 g/mol. The minimum Gasteiger partial charge on any atom is -0.508 e. The van der Waals surface area contributed by atoms with Crippen LogP contribution in [-0.4, -0.2) is 23.6 Å². The van der Waals surface area contributed by atoms with Gasteiger partial charge >= 0.3 is 0 Å². The third kappa shape index (κ3) is 2.81. The summed E-state index contributed by atoms with van der Waals surface area (Å²) in [5.74, 6) is 1.08. The van der Waals surface area contributed by atoms with Gasteiger partial charge in [-0.1, -0.05) is 19.9 Å². The number of hydrogen-bond donors (Lipinski definition) is 1. The molecule has 2 nitrogen and oxygen atoms in total. The molecule has 2 heteroatoms. The van der Waals surface area contributed by atoms with Gasteiger partial charge in [-0.3, -0.25) is 4.90 Å². The zero-order valence-corrected chi connectivity index (χ0v) is 11.1. The van der Waals surface area contributed by atoms with Gasteiger partial charge in [0, 0.05) is 12.6 Å². The summed E-state index contributed by atoms with van der Waals surface area (Å²) in [5, 5.41) is 9.65. The van der Waals surface area contributed by atoms with Crippen molar-refractivity contribution in [1.29, 1.82) is 0 Å². The highest BCUT2D eigenvalue weighted by Gasteiger charge is 2.24. The van der Waals surface area contributed by atoms with Crippen molar-refractivity contribution in [1.82, 2.24) is 4.90 Å². The molecule has 0 radical (unpaired) electrons. The van der Waals surface area contributed by atoms with Gasteiger partial charge in [0.2, 0.25) is 0 Å². The molecule has 94 valence electrons. The normalized spacial score (nSPS) is 19.7. The molecule has 1 aliphatic rings. The molecule has 0 aliphatic heterocycles. The molecule has 0 fully saturated rings. The summed E-state index contributed by atoms with van der Waals surface area (Å²) < 4.78 is 0. The fourth-order valence-corrected chi connectivity index (χ4v) is 2.92. The molecule has 0 aromatic heterocycles. The molecule has 0 saturated carbocycles. The van der Waals surface area contributed by atoms with Crippen LogP contribution < -0.4 is 0 Å². The van der Waals surface area contributed by atoms with Crippen LogP contribution >= 0.6 is 0 Å². The zero-order chi connectivity index (χ0) is 12.4. The van der Waals surface area contributed by atoms with Crippen molar-refractivity contribution in [3.05, 3.63) is 29.3 Å². The average Bonchev–Trinajstić information content (AvgIpc) is 2.27. The third-order valence-electron chi connectivity index (χ3n) is 3.60. The number of hydrogen-bond acceptors (Lipinski definition) is 2. The molecule has 1 aromatic rings. The maximum Gasteiger partial charge on any atom is 0.115 e. The van der Waals surface area contributed by atoms with Gasteiger partial charge < -0.3 is 5.11 Å². The standard InChI is InChI=1S/C15H23NO/c1-11(2)10-16(3)15-6-4-5-12-7-8-13(17)9-14(12)15/h7-9,11,15,17H,4-6,10H2,1-3H3. The Labute approximate surface area is 104 Å². The fourth-order valence-electron chi connectivity index (χ4n) is 2.92. The summed E-state index contributed by atoms with van der Waals surface area (Å²) >= 11 is 0. The summed E-state index contributed by atoms with van der Waals surface area (Å²) in [5.41, 5.74) is 2.74. The number of nitrogens with zero attached hydrogens (tertiary/aromatic N) is 1. The molecule has 17 heavy (non-hydrogen) atoms. The minimum atomic E-state index is 0.397. The molecule has 1 unspecified atom stereocenters. The summed E-state index contributed by atoms with van der Waals surface area (Å²) in [6.07, 6.45) is 3.62. The van der Waals surface area contributed by atoms with Gasteiger partial charge in [-0.05, 0) is 55.5 Å². The van der Waals surface area contributed by atoms with Crippen LogP contribution in [-0.2, 0) is 6.42 Å². The van der Waals surface area contributed by atoms with E-state index >= 15 is 0 Å². The summed E-state index contributed by atoms with van der Waals surface area (Å²) in [6, 6.07) is 6.33. The van der Waals surface area contributed by atoms with E-state index in [0.29, 0.717) is 17.7 Å². The number of phenols is 1. The van der Waals surface area contributed by atoms with Crippen LogP contribution in [0.3, 0.4) is 0 Å². The quantitative estimate of drug-likeness (QED) is 0.865. The summed E-state index contributed by atoms with van der Waals surface area (Å²) in [7, 11) is 2.20. The zero-order valence-electron chi connectivity index (χ0n) is 11.1. The summed E-state index contributed by atoms with van der Waals surface area (Å²) in [6.45, 7) is 5.62. The van der Waals surface area contributed by atoms with Crippen LogP contribution in [0.5, 0.6) is 5.75 Å². The Bertz CT molecular complexity index is 387. The van der Waals surface area contributed by atoms with Crippen molar-refractivity contribution in [3.8, 4) is 5.75 Å². The number of rotatable bonds is 3. The van der Waals surface area contributed by atoms with Gasteiger partial charge in [0.05, 0.1) is 0 Å². The van der Waals surface area contributed by atoms with E-state index in [1.165, 1.54) is 24.0 Å². The van der Waals surface area contributed by atoms with E-state index in [0.717, 1.165) is 13.0 Å². The van der Waals surface area contributed by atoms with E-state index in [4.69, 9.17) is 0 Å². The van der Waals surface area contributed by atoms with Crippen molar-refractivity contribution < 1.29 is 5.11 Å². The first kappa shape index (κ1) is 12.4. The highest BCUT2D eigenvalue weighted by Crippen LogP contribution is 2.35. The van der Waals surface area contributed by atoms with Crippen molar-refractivity contribution in [2.24, 2.45) is 5.92 Å². The van der Waals surface area contributed by atoms with Gasteiger partial charge in [0.1, 0.15) is 5.75 Å². The van der Waals surface area contributed by atoms with Gasteiger partial charge in [0.25, 0.3) is 0 Å². The Hall–Kier alpha value is -1.02. The Kier molecular flexibility index (Phi) is 3.72. The van der Waals surface area contributed by atoms with Gasteiger partial charge in [-0.15, -0.1) is 0 Å². The number of aromatic hydroxyl groups is 1. The molecule has 0 heterocycles. The van der Waals surface area contributed by atoms with Crippen LogP contribution in [0, 0.1) is 5.92 Å². The van der Waals surface area contributed by atoms with Crippen LogP contribution in [0.2, 0.25) is 0 Å². The van der Waals surface area contributed by atoms with Gasteiger partial charge in [-0.25, -0.2) is 0 Å². The smallest absolute Gasteiger partial charge is 0.115 e. The molecule has 2 rings (SSSR count). The third-order valence-corrected chi connectivity index (χ3v) is 3.60. The second-order valence-corrected chi connectivity index (χ2v) is 5.62. The maximum atomic E-state index is 9.65. The largest absolute Gasteiger partial charge is 0.508 e. The number of benzene rings is 1. The lowest BCUT2D eigenvalue weighted by atomic mass is 9.86. The van der Waals surface area contributed by atoms with E-state index in [1.807, 2.05) is 12.1 Å². The first-order valence-electron chi connectivity index (χ1n) is 6.60. The van der Waals surface area contributed by atoms with Gasteiger partial charge in [0.15, 0.2) is 0 Å². The van der Waals surface area contributed by atoms with Gasteiger partial charge in [-0.2, -0.15) is 0 Å². The second kappa shape index (κ2) is 5.09. The molecule has 1 N–H and O–H groups in total. The van der Waals surface area contributed by atoms with Crippen molar-refractivity contribution in [2.75, 3.05) is 13.6 Å². The van der Waals surface area contributed by atoms with Crippen molar-refractivity contribution in [3.63, 3.8) is 0 Å². The minimum absolute atomic E-state index is 0.397. The monoisotopic (exact) mass is 233 g/mol. The highest BCUT2D eigenvalue weighted by atomic mass is 16.3. The SMILES string of the molecule is CC(C)CN(C)C1CCCc2ccc(O)cc21. The highest BCUT2D eigenvalue weighted by molar-refractivity contribution is 5.38. The van der Waals surface area contributed by atoms with Crippen LogP contribution in [0.1, 0.15) is 43.9 Å². The van der Waals surface area contributed by atoms with E-state index < -0.39 is 0 Å². The maximum absolute atomic E-state index is 9.65. The molecule has 1 aromatic carbocycles. The number of fused-ring (bicyclic) bond motifs is 1. The van der Waals surface area contributed by atoms with Crippen LogP contribution in [0.4, 0.5) is 0 Å². The first-order valence-corrected chi connectivity index (χ1v) is 6.60. The van der Waals surface area contributed by atoms with E-state index in [2.05, 4.69) is 31.9 Å².